The van der Waals surface area contributed by atoms with Gasteiger partial charge in [0.25, 0.3) is 0 Å². The Kier molecular flexibility index (Phi) is 16.3. The Hall–Kier alpha value is -11.7. The van der Waals surface area contributed by atoms with Gasteiger partial charge in [-0.25, -0.2) is 4.40 Å². The minimum Gasteiger partial charge on any atom is -0.309 e. The van der Waals surface area contributed by atoms with Gasteiger partial charge in [-0.15, -0.1) is 0 Å². The largest absolute Gasteiger partial charge is 0.309 e. The Balaban J connectivity index is 0.779. The van der Waals surface area contributed by atoms with Gasteiger partial charge in [0.15, 0.2) is 16.1 Å². The quantitative estimate of drug-likeness (QED) is 0.0431. The number of anilines is 2. The Morgan fingerprint density at radius 3 is 0.990 bits per heavy atom. The van der Waals surface area contributed by atoms with E-state index in [1.54, 1.807) is 0 Å². The van der Waals surface area contributed by atoms with Crippen LogP contribution in [0.4, 0.5) is 11.4 Å². The van der Waals surface area contributed by atoms with Crippen LogP contribution in [0.5, 0.6) is 0 Å². The highest BCUT2D eigenvalue weighted by molar-refractivity contribution is 7.79. The van der Waals surface area contributed by atoms with E-state index in [0.29, 0.717) is 11.4 Å². The first-order valence-corrected chi connectivity index (χ1v) is 37.4. The smallest absolute Gasteiger partial charge is 0.179 e. The molecule has 7 heteroatoms. The summed E-state index contributed by atoms with van der Waals surface area (Å²) in [5.74, 6) is 0. The molecule has 0 atom stereocenters. The fourth-order valence-corrected chi connectivity index (χ4v) is 24.6. The van der Waals surface area contributed by atoms with Crippen molar-refractivity contribution in [2.75, 3.05) is 4.90 Å². The van der Waals surface area contributed by atoms with Crippen molar-refractivity contribution < 1.29 is 0 Å². The number of rotatable bonds is 16. The zero-order valence-corrected chi connectivity index (χ0v) is 56.1. The summed E-state index contributed by atoms with van der Waals surface area (Å²) in [6.07, 6.45) is 4.18. The number of benzene rings is 14. The topological polar surface area (TPSA) is 44.4 Å². The summed E-state index contributed by atoms with van der Waals surface area (Å²) >= 11 is 4.68. The van der Waals surface area contributed by atoms with E-state index in [9.17, 15) is 5.41 Å². The van der Waals surface area contributed by atoms with Crippen molar-refractivity contribution in [2.24, 2.45) is 4.40 Å². The summed E-state index contributed by atoms with van der Waals surface area (Å²) in [5.41, 5.74) is 15.1. The summed E-state index contributed by atoms with van der Waals surface area (Å²) in [6.45, 7) is 0. The van der Waals surface area contributed by atoms with Crippen molar-refractivity contribution in [1.29, 1.82) is 5.41 Å². The van der Waals surface area contributed by atoms with E-state index < -0.39 is 16.1 Å². The molecule has 1 aliphatic carbocycles. The number of allylic oxidation sites excluding steroid dienone is 4. The van der Waals surface area contributed by atoms with E-state index in [1.807, 2.05) is 0 Å². The van der Waals surface area contributed by atoms with Gasteiger partial charge in [0, 0.05) is 33.4 Å². The summed E-state index contributed by atoms with van der Waals surface area (Å²) in [6, 6.07) is 137. The SMILES string of the molecule is N=C1C(N(c2ccc(-c3ccc([Si](c4ccccc4)(c4ccccc4)c4ccccc4)cc3)cc2)c2ccc(-c3ccc([Si](c4ccccc4)(c4ccccc4)c4ccccc4)cc3)cc2)=CC=C(c2ccc3c(c2)c2ccccc2n3-c2ccc(-c3ccccc3)cc2)/C1=N/S. The second-order valence-electron chi connectivity index (χ2n) is 24.7. The molecule has 0 saturated carbocycles. The Bertz CT molecular complexity index is 4990. The first-order valence-electron chi connectivity index (χ1n) is 33.0. The van der Waals surface area contributed by atoms with Crippen molar-refractivity contribution >= 4 is 121 Å². The van der Waals surface area contributed by atoms with Crippen LogP contribution < -0.4 is 46.4 Å². The van der Waals surface area contributed by atoms with Gasteiger partial charge in [0.2, 0.25) is 0 Å². The fourth-order valence-electron chi connectivity index (χ4n) is 14.9. The zero-order chi connectivity index (χ0) is 65.1. The van der Waals surface area contributed by atoms with Crippen molar-refractivity contribution in [3.63, 3.8) is 0 Å². The maximum atomic E-state index is 10.2. The van der Waals surface area contributed by atoms with E-state index >= 15 is 0 Å². The van der Waals surface area contributed by atoms with Gasteiger partial charge in [-0.3, -0.25) is 5.41 Å². The molecule has 0 radical (unpaired) electrons. The molecule has 97 heavy (non-hydrogen) atoms. The minimum absolute atomic E-state index is 0.263. The van der Waals surface area contributed by atoms with E-state index in [2.05, 4.69) is 415 Å². The van der Waals surface area contributed by atoms with Crippen LogP contribution >= 0.6 is 12.8 Å². The Labute approximate surface area is 574 Å². The molecule has 4 nitrogen and oxygen atoms in total. The van der Waals surface area contributed by atoms with Gasteiger partial charge in [-0.1, -0.05) is 322 Å². The molecule has 1 aromatic heterocycles. The molecule has 1 aliphatic rings. The molecule has 14 aromatic carbocycles. The highest BCUT2D eigenvalue weighted by Gasteiger charge is 2.43. The van der Waals surface area contributed by atoms with Crippen molar-refractivity contribution in [1.82, 2.24) is 4.57 Å². The van der Waals surface area contributed by atoms with E-state index in [0.717, 1.165) is 72.3 Å². The lowest BCUT2D eigenvalue weighted by molar-refractivity contribution is 1.18. The highest BCUT2D eigenvalue weighted by atomic mass is 32.1. The third kappa shape index (κ3) is 10.9. The molecule has 0 fully saturated rings. The fraction of sp³-hybridized carbons (Fsp3) is 0. The van der Waals surface area contributed by atoms with Crippen molar-refractivity contribution in [3.8, 4) is 39.1 Å². The van der Waals surface area contributed by atoms with Crippen molar-refractivity contribution in [3.05, 3.63) is 400 Å². The normalized spacial score (nSPS) is 13.0. The van der Waals surface area contributed by atoms with Crippen LogP contribution in [0.15, 0.2) is 398 Å². The number of fused-ring (bicyclic) bond motifs is 3. The summed E-state index contributed by atoms with van der Waals surface area (Å²) in [4.78, 5) is 2.19. The van der Waals surface area contributed by atoms with Crippen LogP contribution in [0, 0.1) is 5.41 Å². The van der Waals surface area contributed by atoms with Crippen LogP contribution in [-0.2, 0) is 0 Å². The molecule has 1 N–H and O–H groups in total. The van der Waals surface area contributed by atoms with Gasteiger partial charge in [0.1, 0.15) is 11.4 Å². The summed E-state index contributed by atoms with van der Waals surface area (Å²) in [7, 11) is -5.44. The molecule has 1 heterocycles. The molecule has 0 unspecified atom stereocenters. The average molecular weight is 1290 g/mol. The van der Waals surface area contributed by atoms with Gasteiger partial charge in [-0.2, -0.15) is 0 Å². The first-order chi connectivity index (χ1) is 48.0. The molecule has 0 aliphatic heterocycles. The maximum Gasteiger partial charge on any atom is 0.179 e. The van der Waals surface area contributed by atoms with E-state index in [-0.39, 0.29) is 5.71 Å². The molecule has 0 spiro atoms. The number of nitrogens with one attached hydrogen (secondary N) is 1. The van der Waals surface area contributed by atoms with Crippen molar-refractivity contribution in [2.45, 2.75) is 0 Å². The molecule has 0 amide bonds. The highest BCUT2D eigenvalue weighted by Crippen LogP contribution is 2.39. The number of aromatic nitrogens is 1. The third-order valence-corrected chi connectivity index (χ3v) is 29.3. The molecule has 15 aromatic rings. The van der Waals surface area contributed by atoms with Gasteiger partial charge < -0.3 is 9.47 Å². The minimum atomic E-state index is -2.72. The predicted octanol–water partition coefficient (Wildman–Crippen LogP) is 17.0. The summed E-state index contributed by atoms with van der Waals surface area (Å²) in [5, 5.41) is 23.2. The molecule has 0 saturated heterocycles. The Morgan fingerprint density at radius 1 is 0.289 bits per heavy atom. The maximum absolute atomic E-state index is 10.2. The number of para-hydroxylation sites is 1. The monoisotopic (exact) mass is 1290 g/mol. The number of nitrogens with zero attached hydrogens (tertiary/aromatic N) is 3. The molecule has 460 valence electrons. The van der Waals surface area contributed by atoms with E-state index in [4.69, 9.17) is 0 Å². The Morgan fingerprint density at radius 2 is 0.598 bits per heavy atom. The van der Waals surface area contributed by atoms with Crippen LogP contribution in [-0.4, -0.2) is 32.1 Å². The predicted molar refractivity (Wildman–Crippen MR) is 420 cm³/mol. The average Bonchev–Trinajstić information content (AvgIpc) is 1.10. The zero-order valence-electron chi connectivity index (χ0n) is 53.2. The third-order valence-electron chi connectivity index (χ3n) is 19.5. The number of thiol groups is 1. The van der Waals surface area contributed by atoms with Crippen LogP contribution in [0.25, 0.3) is 66.4 Å². The van der Waals surface area contributed by atoms with Gasteiger partial charge in [-0.05, 0) is 160 Å². The van der Waals surface area contributed by atoms with Crippen LogP contribution in [0.2, 0.25) is 0 Å². The second kappa shape index (κ2) is 26.2. The lowest BCUT2D eigenvalue weighted by Gasteiger charge is -2.34. The second-order valence-corrected chi connectivity index (χ2v) is 32.6. The van der Waals surface area contributed by atoms with Crippen LogP contribution in [0.1, 0.15) is 5.56 Å². The molecule has 0 bridgehead atoms. The lowest BCUT2D eigenvalue weighted by Crippen LogP contribution is -2.74. The molecular formula is C90H66N4SSi2. The standard InChI is InChI=1S/C90H66N4SSi2/c91-89-88(63-61-83(90(89)92-95)71-50-62-87-85(64-71)84-38-22-23-39-86(84)94(87)74-55-44-66(45-56-74)65-24-8-1-9-25-65)93(72-51-40-67(41-52-72)69-46-57-81(58-47-69)96(75-26-10-2-11-27-75,76-28-12-3-13-29-76)77-30-14-4-15-31-77)73-53-42-68(43-54-73)70-48-59-82(60-49-70)97(78-32-16-5-17-33-78,79-34-18-6-19-35-79)80-36-20-7-21-37-80/h1-64,91,95H/b91-89?,92-90-. The molecular weight excluding hydrogens is 1230 g/mol. The van der Waals surface area contributed by atoms with E-state index in [1.165, 1.54) is 52.6 Å². The molecule has 16 rings (SSSR count). The lowest BCUT2D eigenvalue weighted by atomic mass is 9.90. The summed E-state index contributed by atoms with van der Waals surface area (Å²) < 4.78 is 7.00. The number of hydrogen-bond acceptors (Lipinski definition) is 4. The van der Waals surface area contributed by atoms with Gasteiger partial charge >= 0.3 is 0 Å². The van der Waals surface area contributed by atoms with Crippen LogP contribution in [0.3, 0.4) is 0 Å². The van der Waals surface area contributed by atoms with Gasteiger partial charge in [0.05, 0.1) is 16.7 Å². The first kappa shape index (κ1) is 60.2. The number of hydrogen-bond donors (Lipinski definition) is 2.